The molecule has 0 fully saturated rings. The van der Waals surface area contributed by atoms with Crippen molar-refractivity contribution in [3.63, 3.8) is 0 Å². The minimum atomic E-state index is 0. The van der Waals surface area contributed by atoms with Gasteiger partial charge in [0.25, 0.3) is 0 Å². The molecule has 2 nitrogen and oxygen atoms in total. The Morgan fingerprint density at radius 3 is 2.08 bits per heavy atom. The van der Waals surface area contributed by atoms with Crippen LogP contribution in [0.15, 0.2) is 18.2 Å². The Labute approximate surface area is 91.9 Å². The van der Waals surface area contributed by atoms with E-state index in [0.717, 1.165) is 5.69 Å². The van der Waals surface area contributed by atoms with Crippen LogP contribution in [0, 0.1) is 6.92 Å². The number of rotatable bonds is 2. The van der Waals surface area contributed by atoms with Gasteiger partial charge in [0.2, 0.25) is 0 Å². The van der Waals surface area contributed by atoms with Crippen molar-refractivity contribution in [2.24, 2.45) is 0 Å². The van der Waals surface area contributed by atoms with Crippen LogP contribution in [0.3, 0.4) is 0 Å². The third-order valence-electron chi connectivity index (χ3n) is 1.80. The Balaban J connectivity index is 0. The third-order valence-corrected chi connectivity index (χ3v) is 1.80. The summed E-state index contributed by atoms with van der Waals surface area (Å²) in [6.45, 7) is 2.09. The van der Waals surface area contributed by atoms with Gasteiger partial charge in [-0.1, -0.05) is 6.07 Å². The van der Waals surface area contributed by atoms with Gasteiger partial charge in [0.05, 0.1) is 0 Å². The van der Waals surface area contributed by atoms with Gasteiger partial charge in [-0.3, -0.25) is 0 Å². The van der Waals surface area contributed by atoms with Gasteiger partial charge in [0.15, 0.2) is 0 Å². The molecule has 13 heavy (non-hydrogen) atoms. The number of aryl methyl sites for hydroxylation is 1. The van der Waals surface area contributed by atoms with Crippen LogP contribution in [-0.2, 0) is 0 Å². The molecule has 0 aromatic heterocycles. The summed E-state index contributed by atoms with van der Waals surface area (Å²) in [6.07, 6.45) is 0. The van der Waals surface area contributed by atoms with Crippen molar-refractivity contribution < 1.29 is 0 Å². The van der Waals surface area contributed by atoms with Gasteiger partial charge in [0.1, 0.15) is 0 Å². The molecule has 0 unspecified atom stereocenters. The van der Waals surface area contributed by atoms with E-state index in [1.165, 1.54) is 11.3 Å². The van der Waals surface area contributed by atoms with Crippen LogP contribution in [0.4, 0.5) is 11.4 Å². The van der Waals surface area contributed by atoms with E-state index in [0.29, 0.717) is 0 Å². The largest absolute Gasteiger partial charge is 0.388 e. The predicted molar refractivity (Wildman–Crippen MR) is 64.8 cm³/mol. The normalized spacial score (nSPS) is 7.92. The van der Waals surface area contributed by atoms with Crippen LogP contribution in [0.2, 0.25) is 0 Å². The summed E-state index contributed by atoms with van der Waals surface area (Å²) in [5, 5.41) is 6.22. The van der Waals surface area contributed by atoms with Gasteiger partial charge in [-0.05, 0) is 24.6 Å². The SMILES string of the molecule is CNc1ccc(C)c(NC)c1.Cl.Cl. The lowest BCUT2D eigenvalue weighted by molar-refractivity contribution is 1.39. The summed E-state index contributed by atoms with van der Waals surface area (Å²) in [5.74, 6) is 0. The molecule has 0 saturated carbocycles. The lowest BCUT2D eigenvalue weighted by atomic mass is 10.2. The summed E-state index contributed by atoms with van der Waals surface area (Å²) < 4.78 is 0. The molecule has 0 heterocycles. The Morgan fingerprint density at radius 1 is 1.00 bits per heavy atom. The van der Waals surface area contributed by atoms with Crippen molar-refractivity contribution in [3.8, 4) is 0 Å². The number of nitrogens with one attached hydrogen (secondary N) is 2. The highest BCUT2D eigenvalue weighted by Gasteiger charge is 1.95. The van der Waals surface area contributed by atoms with E-state index in [4.69, 9.17) is 0 Å². The van der Waals surface area contributed by atoms with Gasteiger partial charge >= 0.3 is 0 Å². The molecule has 0 atom stereocenters. The number of hydrogen-bond donors (Lipinski definition) is 2. The maximum Gasteiger partial charge on any atom is 0.0388 e. The van der Waals surface area contributed by atoms with Crippen molar-refractivity contribution in [1.82, 2.24) is 0 Å². The van der Waals surface area contributed by atoms with Crippen LogP contribution in [0.25, 0.3) is 0 Å². The molecule has 0 spiro atoms. The molecule has 0 radical (unpaired) electrons. The lowest BCUT2D eigenvalue weighted by Crippen LogP contribution is -1.94. The quantitative estimate of drug-likeness (QED) is 0.805. The summed E-state index contributed by atoms with van der Waals surface area (Å²) in [5.41, 5.74) is 3.59. The number of anilines is 2. The van der Waals surface area contributed by atoms with Crippen molar-refractivity contribution in [1.29, 1.82) is 0 Å². The maximum atomic E-state index is 3.13. The fourth-order valence-electron chi connectivity index (χ4n) is 1.05. The Morgan fingerprint density at radius 2 is 1.62 bits per heavy atom. The average Bonchev–Trinajstić information content (AvgIpc) is 2.05. The van der Waals surface area contributed by atoms with E-state index >= 15 is 0 Å². The summed E-state index contributed by atoms with van der Waals surface area (Å²) in [4.78, 5) is 0. The Hall–Kier alpha value is -0.600. The monoisotopic (exact) mass is 222 g/mol. The van der Waals surface area contributed by atoms with Crippen molar-refractivity contribution >= 4 is 36.2 Å². The number of benzene rings is 1. The van der Waals surface area contributed by atoms with E-state index in [1.807, 2.05) is 14.1 Å². The van der Waals surface area contributed by atoms with Crippen LogP contribution in [0.5, 0.6) is 0 Å². The Bertz CT molecular complexity index is 251. The molecule has 0 amide bonds. The molecule has 2 N–H and O–H groups in total. The second-order valence-corrected chi connectivity index (χ2v) is 2.53. The minimum absolute atomic E-state index is 0. The fourth-order valence-corrected chi connectivity index (χ4v) is 1.05. The first kappa shape index (κ1) is 14.9. The predicted octanol–water partition coefficient (Wildman–Crippen LogP) is 2.92. The first-order chi connectivity index (χ1) is 5.27. The molecule has 0 aliphatic heterocycles. The molecule has 0 saturated heterocycles. The number of hydrogen-bond acceptors (Lipinski definition) is 2. The van der Waals surface area contributed by atoms with E-state index < -0.39 is 0 Å². The van der Waals surface area contributed by atoms with Gasteiger partial charge in [-0.2, -0.15) is 0 Å². The molecule has 4 heteroatoms. The zero-order valence-corrected chi connectivity index (χ0v) is 9.68. The molecular weight excluding hydrogens is 207 g/mol. The molecule has 0 bridgehead atoms. The van der Waals surface area contributed by atoms with E-state index in [2.05, 4.69) is 35.8 Å². The smallest absolute Gasteiger partial charge is 0.0388 e. The third kappa shape index (κ3) is 3.75. The van der Waals surface area contributed by atoms with Crippen molar-refractivity contribution in [3.05, 3.63) is 23.8 Å². The van der Waals surface area contributed by atoms with E-state index in [-0.39, 0.29) is 24.8 Å². The molecule has 1 aromatic rings. The van der Waals surface area contributed by atoms with Gasteiger partial charge in [-0.15, -0.1) is 24.8 Å². The van der Waals surface area contributed by atoms with E-state index in [1.54, 1.807) is 0 Å². The van der Waals surface area contributed by atoms with E-state index in [9.17, 15) is 0 Å². The Kier molecular flexibility index (Phi) is 7.87. The molecule has 0 aliphatic carbocycles. The first-order valence-corrected chi connectivity index (χ1v) is 3.74. The molecular formula is C9H16Cl2N2. The topological polar surface area (TPSA) is 24.1 Å². The van der Waals surface area contributed by atoms with Crippen LogP contribution >= 0.6 is 24.8 Å². The van der Waals surface area contributed by atoms with Gasteiger partial charge < -0.3 is 10.6 Å². The zero-order chi connectivity index (χ0) is 8.27. The molecule has 1 rings (SSSR count). The zero-order valence-electron chi connectivity index (χ0n) is 8.05. The van der Waals surface area contributed by atoms with Gasteiger partial charge in [-0.25, -0.2) is 0 Å². The lowest BCUT2D eigenvalue weighted by Gasteiger charge is -2.07. The van der Waals surface area contributed by atoms with Crippen LogP contribution in [0.1, 0.15) is 5.56 Å². The highest BCUT2D eigenvalue weighted by atomic mass is 35.5. The second-order valence-electron chi connectivity index (χ2n) is 2.53. The summed E-state index contributed by atoms with van der Waals surface area (Å²) in [6, 6.07) is 6.25. The van der Waals surface area contributed by atoms with Crippen LogP contribution in [-0.4, -0.2) is 14.1 Å². The highest BCUT2D eigenvalue weighted by molar-refractivity contribution is 5.85. The first-order valence-electron chi connectivity index (χ1n) is 3.74. The molecule has 0 aliphatic rings. The van der Waals surface area contributed by atoms with Crippen molar-refractivity contribution in [2.75, 3.05) is 24.7 Å². The maximum absolute atomic E-state index is 3.13. The summed E-state index contributed by atoms with van der Waals surface area (Å²) in [7, 11) is 3.85. The second kappa shape index (κ2) is 6.87. The standard InChI is InChI=1S/C9H14N2.2ClH/c1-7-4-5-8(10-2)6-9(7)11-3;;/h4-6,10-11H,1-3H3;2*1H. The fraction of sp³-hybridized carbons (Fsp3) is 0.333. The van der Waals surface area contributed by atoms with Crippen molar-refractivity contribution in [2.45, 2.75) is 6.92 Å². The summed E-state index contributed by atoms with van der Waals surface area (Å²) >= 11 is 0. The molecule has 1 aromatic carbocycles. The van der Waals surface area contributed by atoms with Crippen LogP contribution < -0.4 is 10.6 Å². The number of halogens is 2. The average molecular weight is 223 g/mol. The van der Waals surface area contributed by atoms with Gasteiger partial charge in [0, 0.05) is 25.5 Å². The molecule has 76 valence electrons. The minimum Gasteiger partial charge on any atom is -0.388 e. The highest BCUT2D eigenvalue weighted by Crippen LogP contribution is 2.18.